The molecular weight excluding hydrogens is 312 g/mol. The van der Waals surface area contributed by atoms with Gasteiger partial charge in [-0.2, -0.15) is 0 Å². The van der Waals surface area contributed by atoms with Gasteiger partial charge >= 0.3 is 0 Å². The normalized spacial score (nSPS) is 18.2. The lowest BCUT2D eigenvalue weighted by molar-refractivity contribution is 0.0475. The molecule has 132 valence electrons. The average molecular weight is 338 g/mol. The first-order valence-electron chi connectivity index (χ1n) is 8.80. The number of nitrogens with zero attached hydrogens (tertiary/aromatic N) is 2. The zero-order chi connectivity index (χ0) is 17.8. The maximum absolute atomic E-state index is 12.9. The molecule has 0 radical (unpaired) electrons. The minimum Gasteiger partial charge on any atom is -0.496 e. The van der Waals surface area contributed by atoms with Crippen molar-refractivity contribution in [1.29, 1.82) is 0 Å². The van der Waals surface area contributed by atoms with E-state index in [1.54, 1.807) is 7.11 Å². The smallest absolute Gasteiger partial charge is 0.254 e. The molecule has 1 heterocycles. The molecule has 1 atom stereocenters. The summed E-state index contributed by atoms with van der Waals surface area (Å²) < 4.78 is 5.35. The van der Waals surface area contributed by atoms with E-state index in [1.807, 2.05) is 36.1 Å². The lowest BCUT2D eigenvalue weighted by Crippen LogP contribution is -2.53. The molecule has 4 heteroatoms. The first kappa shape index (κ1) is 17.5. The molecule has 0 aliphatic carbocycles. The second-order valence-electron chi connectivity index (χ2n) is 6.75. The third-order valence-corrected chi connectivity index (χ3v) is 4.88. The summed E-state index contributed by atoms with van der Waals surface area (Å²) in [5, 5.41) is 0. The summed E-state index contributed by atoms with van der Waals surface area (Å²) in [4.78, 5) is 17.3. The highest BCUT2D eigenvalue weighted by atomic mass is 16.5. The second-order valence-corrected chi connectivity index (χ2v) is 6.75. The lowest BCUT2D eigenvalue weighted by Gasteiger charge is -2.40. The molecule has 0 N–H and O–H groups in total. The average Bonchev–Trinajstić information content (AvgIpc) is 2.62. The van der Waals surface area contributed by atoms with Crippen LogP contribution in [0.3, 0.4) is 0 Å². The highest BCUT2D eigenvalue weighted by Crippen LogP contribution is 2.22. The van der Waals surface area contributed by atoms with Crippen molar-refractivity contribution in [2.75, 3.05) is 26.7 Å². The molecule has 0 aromatic heterocycles. The van der Waals surface area contributed by atoms with Crippen LogP contribution in [-0.4, -0.2) is 48.5 Å². The number of benzene rings is 2. The summed E-state index contributed by atoms with van der Waals surface area (Å²) in [6.45, 7) is 7.59. The highest BCUT2D eigenvalue weighted by molar-refractivity contribution is 5.95. The van der Waals surface area contributed by atoms with Gasteiger partial charge in [-0.05, 0) is 37.1 Å². The lowest BCUT2D eigenvalue weighted by atomic mass is 10.1. The van der Waals surface area contributed by atoms with Crippen LogP contribution in [0, 0.1) is 6.92 Å². The SMILES string of the molecule is COc1cc(C(=O)N2CCN(Cc3ccccc3)CC2C)ccc1C. The summed E-state index contributed by atoms with van der Waals surface area (Å²) >= 11 is 0. The molecule has 1 saturated heterocycles. The number of amides is 1. The molecule has 1 amide bonds. The Morgan fingerprint density at radius 3 is 2.60 bits per heavy atom. The highest BCUT2D eigenvalue weighted by Gasteiger charge is 2.28. The van der Waals surface area contributed by atoms with Crippen molar-refractivity contribution >= 4 is 5.91 Å². The summed E-state index contributed by atoms with van der Waals surface area (Å²) in [7, 11) is 1.64. The van der Waals surface area contributed by atoms with Gasteiger partial charge in [-0.3, -0.25) is 9.69 Å². The summed E-state index contributed by atoms with van der Waals surface area (Å²) in [6.07, 6.45) is 0. The van der Waals surface area contributed by atoms with E-state index in [0.29, 0.717) is 5.56 Å². The van der Waals surface area contributed by atoms with Crippen molar-refractivity contribution in [1.82, 2.24) is 9.80 Å². The molecule has 3 rings (SSSR count). The van der Waals surface area contributed by atoms with Crippen molar-refractivity contribution in [2.24, 2.45) is 0 Å². The minimum absolute atomic E-state index is 0.0881. The van der Waals surface area contributed by atoms with Gasteiger partial charge in [0, 0.05) is 37.8 Å². The number of rotatable bonds is 4. The van der Waals surface area contributed by atoms with Crippen LogP contribution in [-0.2, 0) is 6.54 Å². The number of aryl methyl sites for hydroxylation is 1. The maximum Gasteiger partial charge on any atom is 0.254 e. The Hall–Kier alpha value is -2.33. The zero-order valence-electron chi connectivity index (χ0n) is 15.2. The van der Waals surface area contributed by atoms with Gasteiger partial charge in [-0.1, -0.05) is 36.4 Å². The molecule has 1 aliphatic heterocycles. The van der Waals surface area contributed by atoms with E-state index < -0.39 is 0 Å². The molecule has 0 spiro atoms. The van der Waals surface area contributed by atoms with Crippen molar-refractivity contribution in [3.05, 3.63) is 65.2 Å². The monoisotopic (exact) mass is 338 g/mol. The number of carbonyl (C=O) groups excluding carboxylic acids is 1. The fourth-order valence-electron chi connectivity index (χ4n) is 3.44. The van der Waals surface area contributed by atoms with Crippen molar-refractivity contribution < 1.29 is 9.53 Å². The van der Waals surface area contributed by atoms with Gasteiger partial charge in [0.1, 0.15) is 5.75 Å². The fraction of sp³-hybridized carbons (Fsp3) is 0.381. The Morgan fingerprint density at radius 1 is 1.16 bits per heavy atom. The van der Waals surface area contributed by atoms with Crippen LogP contribution in [0.1, 0.15) is 28.4 Å². The van der Waals surface area contributed by atoms with Gasteiger partial charge in [-0.15, -0.1) is 0 Å². The Bertz CT molecular complexity index is 730. The largest absolute Gasteiger partial charge is 0.496 e. The van der Waals surface area contributed by atoms with Crippen molar-refractivity contribution in [3.63, 3.8) is 0 Å². The maximum atomic E-state index is 12.9. The van der Waals surface area contributed by atoms with Crippen LogP contribution in [0.25, 0.3) is 0 Å². The van der Waals surface area contributed by atoms with Crippen LogP contribution >= 0.6 is 0 Å². The van der Waals surface area contributed by atoms with Crippen LogP contribution < -0.4 is 4.74 Å². The molecular formula is C21H26N2O2. The fourth-order valence-corrected chi connectivity index (χ4v) is 3.44. The van der Waals surface area contributed by atoms with Gasteiger partial charge in [0.2, 0.25) is 0 Å². The van der Waals surface area contributed by atoms with E-state index in [2.05, 4.69) is 36.1 Å². The van der Waals surface area contributed by atoms with E-state index in [0.717, 1.165) is 37.5 Å². The Labute approximate surface area is 150 Å². The number of methoxy groups -OCH3 is 1. The zero-order valence-corrected chi connectivity index (χ0v) is 15.2. The Morgan fingerprint density at radius 2 is 1.92 bits per heavy atom. The van der Waals surface area contributed by atoms with Crippen LogP contribution in [0.4, 0.5) is 0 Å². The molecule has 4 nitrogen and oxygen atoms in total. The minimum atomic E-state index is 0.0881. The number of hydrogen-bond acceptors (Lipinski definition) is 3. The summed E-state index contributed by atoms with van der Waals surface area (Å²) in [5.74, 6) is 0.853. The molecule has 1 fully saturated rings. The first-order valence-corrected chi connectivity index (χ1v) is 8.80. The molecule has 0 bridgehead atoms. The van der Waals surface area contributed by atoms with Crippen LogP contribution in [0.15, 0.2) is 48.5 Å². The number of ether oxygens (including phenoxy) is 1. The second kappa shape index (κ2) is 7.70. The van der Waals surface area contributed by atoms with E-state index in [4.69, 9.17) is 4.74 Å². The third kappa shape index (κ3) is 4.02. The molecule has 2 aromatic rings. The molecule has 25 heavy (non-hydrogen) atoms. The topological polar surface area (TPSA) is 32.8 Å². The molecule has 2 aromatic carbocycles. The Balaban J connectivity index is 1.66. The number of hydrogen-bond donors (Lipinski definition) is 0. The predicted molar refractivity (Wildman–Crippen MR) is 99.9 cm³/mol. The quantitative estimate of drug-likeness (QED) is 0.857. The molecule has 0 saturated carbocycles. The molecule has 1 unspecified atom stereocenters. The van der Waals surface area contributed by atoms with Gasteiger partial charge in [0.25, 0.3) is 5.91 Å². The summed E-state index contributed by atoms with van der Waals surface area (Å²) in [5.41, 5.74) is 3.06. The number of carbonyl (C=O) groups is 1. The van der Waals surface area contributed by atoms with Crippen LogP contribution in [0.2, 0.25) is 0 Å². The Kier molecular flexibility index (Phi) is 5.39. The van der Waals surface area contributed by atoms with E-state index in [-0.39, 0.29) is 11.9 Å². The van der Waals surface area contributed by atoms with Crippen molar-refractivity contribution in [3.8, 4) is 5.75 Å². The van der Waals surface area contributed by atoms with Gasteiger partial charge in [-0.25, -0.2) is 0 Å². The summed E-state index contributed by atoms with van der Waals surface area (Å²) in [6, 6.07) is 16.4. The van der Waals surface area contributed by atoms with Gasteiger partial charge in [0.05, 0.1) is 7.11 Å². The molecule has 1 aliphatic rings. The number of piperazine rings is 1. The predicted octanol–water partition coefficient (Wildman–Crippen LogP) is 3.35. The third-order valence-electron chi connectivity index (χ3n) is 4.88. The van der Waals surface area contributed by atoms with Crippen LogP contribution in [0.5, 0.6) is 5.75 Å². The van der Waals surface area contributed by atoms with Gasteiger partial charge in [0.15, 0.2) is 0 Å². The van der Waals surface area contributed by atoms with E-state index in [9.17, 15) is 4.79 Å². The first-order chi connectivity index (χ1) is 12.1. The van der Waals surface area contributed by atoms with Crippen molar-refractivity contribution in [2.45, 2.75) is 26.4 Å². The van der Waals surface area contributed by atoms with E-state index in [1.165, 1.54) is 5.56 Å². The van der Waals surface area contributed by atoms with Gasteiger partial charge < -0.3 is 9.64 Å². The standard InChI is InChI=1S/C21H26N2O2/c1-16-9-10-19(13-20(16)25-3)21(24)23-12-11-22(14-17(23)2)15-18-7-5-4-6-8-18/h4-10,13,17H,11-12,14-15H2,1-3H3. The van der Waals surface area contributed by atoms with E-state index >= 15 is 0 Å².